The van der Waals surface area contributed by atoms with Crippen LogP contribution in [0, 0.1) is 5.41 Å². The SMILES string of the molecule is CSCC1(C(=O)OC(c2ccccc2)c2ccccc2)CS[C@@H]2C(NC(=O)C(=NOC(C)C(=O)OC(C)(C)C)c3csc(NC=O)n3)C(=O)N2C1. The Morgan fingerprint density at radius 1 is 1.12 bits per heavy atom. The molecule has 3 aromatic rings. The van der Waals surface area contributed by atoms with Gasteiger partial charge in [0, 0.05) is 23.4 Å². The van der Waals surface area contributed by atoms with Crippen molar-refractivity contribution in [2.45, 2.75) is 56.9 Å². The van der Waals surface area contributed by atoms with Crippen molar-refractivity contribution >= 4 is 75.9 Å². The first-order valence-corrected chi connectivity index (χ1v) is 19.3. The monoisotopic (exact) mass is 753 g/mol. The Hall–Kier alpha value is -4.41. The van der Waals surface area contributed by atoms with Gasteiger partial charge in [0.1, 0.15) is 28.1 Å². The summed E-state index contributed by atoms with van der Waals surface area (Å²) in [4.78, 5) is 76.0. The van der Waals surface area contributed by atoms with E-state index in [0.29, 0.717) is 17.9 Å². The minimum Gasteiger partial charge on any atom is -0.457 e. The average Bonchev–Trinajstić information content (AvgIpc) is 3.57. The van der Waals surface area contributed by atoms with Crippen LogP contribution in [0.4, 0.5) is 5.13 Å². The molecule has 2 N–H and O–H groups in total. The highest BCUT2D eigenvalue weighted by Crippen LogP contribution is 2.45. The Morgan fingerprint density at radius 2 is 1.76 bits per heavy atom. The Labute approximate surface area is 308 Å². The highest BCUT2D eigenvalue weighted by atomic mass is 32.2. The molecule has 5 rings (SSSR count). The van der Waals surface area contributed by atoms with Crippen molar-refractivity contribution in [3.63, 3.8) is 0 Å². The van der Waals surface area contributed by atoms with Crippen LogP contribution in [0.3, 0.4) is 0 Å². The number of anilines is 1. The van der Waals surface area contributed by atoms with Gasteiger partial charge < -0.3 is 29.8 Å². The Kier molecular flexibility index (Phi) is 12.1. The van der Waals surface area contributed by atoms with Gasteiger partial charge in [-0.25, -0.2) is 9.78 Å². The van der Waals surface area contributed by atoms with E-state index in [2.05, 4.69) is 20.8 Å². The molecule has 0 aliphatic carbocycles. The van der Waals surface area contributed by atoms with Crippen LogP contribution in [0.1, 0.15) is 50.6 Å². The third-order valence-corrected chi connectivity index (χ3v) is 11.1. The summed E-state index contributed by atoms with van der Waals surface area (Å²) in [5.74, 6) is -1.47. The Morgan fingerprint density at radius 3 is 2.35 bits per heavy atom. The number of hydrogen-bond acceptors (Lipinski definition) is 13. The molecular formula is C35H39N5O8S3. The third-order valence-electron chi connectivity index (χ3n) is 7.90. The maximum absolute atomic E-state index is 14.1. The number of β-lactam (4-membered cyclic amide) rings is 1. The molecule has 13 nitrogen and oxygen atoms in total. The molecule has 3 heterocycles. The Balaban J connectivity index is 1.31. The summed E-state index contributed by atoms with van der Waals surface area (Å²) in [5.41, 5.74) is -0.346. The van der Waals surface area contributed by atoms with E-state index in [9.17, 15) is 24.0 Å². The molecule has 2 aliphatic rings. The number of benzene rings is 2. The molecule has 0 spiro atoms. The van der Waals surface area contributed by atoms with Gasteiger partial charge >= 0.3 is 11.9 Å². The van der Waals surface area contributed by atoms with Crippen LogP contribution < -0.4 is 10.6 Å². The smallest absolute Gasteiger partial charge is 0.350 e. The minimum atomic E-state index is -1.17. The average molecular weight is 754 g/mol. The number of carbonyl (C=O) groups excluding carboxylic acids is 5. The number of rotatable bonds is 14. The molecule has 3 amide bonds. The fourth-order valence-electron chi connectivity index (χ4n) is 5.46. The quantitative estimate of drug-likeness (QED) is 0.0795. The number of thiazole rings is 1. The lowest BCUT2D eigenvalue weighted by Gasteiger charge is -2.54. The lowest BCUT2D eigenvalue weighted by atomic mass is 9.88. The van der Waals surface area contributed by atoms with E-state index in [1.807, 2.05) is 66.9 Å². The zero-order valence-electron chi connectivity index (χ0n) is 28.7. The number of ether oxygens (including phenoxy) is 2. The molecule has 16 heteroatoms. The summed E-state index contributed by atoms with van der Waals surface area (Å²) in [6.07, 6.45) is 0.547. The van der Waals surface area contributed by atoms with Gasteiger partial charge in [0.25, 0.3) is 5.91 Å². The van der Waals surface area contributed by atoms with Crippen molar-refractivity contribution < 1.29 is 38.3 Å². The van der Waals surface area contributed by atoms with Crippen LogP contribution in [-0.2, 0) is 38.3 Å². The van der Waals surface area contributed by atoms with Crippen LogP contribution in [0.15, 0.2) is 71.2 Å². The molecule has 3 unspecified atom stereocenters. The van der Waals surface area contributed by atoms with Gasteiger partial charge in [-0.2, -0.15) is 11.8 Å². The fourth-order valence-corrected chi connectivity index (χ4v) is 8.65. The fraction of sp³-hybridized carbons (Fsp3) is 0.400. The highest BCUT2D eigenvalue weighted by Gasteiger charge is 2.58. The number of thioether (sulfide) groups is 2. The maximum Gasteiger partial charge on any atom is 0.350 e. The summed E-state index contributed by atoms with van der Waals surface area (Å²) in [6.45, 7) is 6.67. The van der Waals surface area contributed by atoms with Gasteiger partial charge in [-0.05, 0) is 45.1 Å². The highest BCUT2D eigenvalue weighted by molar-refractivity contribution is 8.00. The normalized spacial score (nSPS) is 20.8. The molecule has 0 bridgehead atoms. The van der Waals surface area contributed by atoms with Crippen molar-refractivity contribution in [3.8, 4) is 0 Å². The van der Waals surface area contributed by atoms with E-state index in [4.69, 9.17) is 14.3 Å². The predicted molar refractivity (Wildman–Crippen MR) is 196 cm³/mol. The standard InChI is InChI=1S/C35H39N5O8S3/c1-21(31(44)47-34(2,3)4)48-39-25(24-16-50-33(37-24)36-20-41)28(42)38-26-29(43)40-17-35(18-49-5,19-51-30(26)40)32(45)46-27(22-12-8-6-9-13-22)23-14-10-7-11-15-23/h6-16,20-21,26-27,30H,17-19H2,1-5H3,(H,38,42)(H,36,37,41)/t21?,26?,30-,35?/m1/s1. The van der Waals surface area contributed by atoms with Crippen molar-refractivity contribution in [1.29, 1.82) is 0 Å². The molecule has 2 aromatic carbocycles. The molecule has 2 fully saturated rings. The van der Waals surface area contributed by atoms with E-state index < -0.39 is 52.5 Å². The molecular weight excluding hydrogens is 715 g/mol. The molecule has 4 atom stereocenters. The number of fused-ring (bicyclic) bond motifs is 1. The van der Waals surface area contributed by atoms with Crippen molar-refractivity contribution in [3.05, 3.63) is 82.9 Å². The first kappa shape index (κ1) is 37.8. The molecule has 0 radical (unpaired) electrons. The minimum absolute atomic E-state index is 0.0614. The van der Waals surface area contributed by atoms with Crippen LogP contribution in [0.25, 0.3) is 0 Å². The number of esters is 2. The van der Waals surface area contributed by atoms with Gasteiger partial charge in [-0.15, -0.1) is 23.1 Å². The third kappa shape index (κ3) is 8.91. The molecule has 2 aliphatic heterocycles. The largest absolute Gasteiger partial charge is 0.457 e. The number of amides is 3. The van der Waals surface area contributed by atoms with Gasteiger partial charge in [0.05, 0.1) is 0 Å². The number of nitrogens with zero attached hydrogens (tertiary/aromatic N) is 3. The van der Waals surface area contributed by atoms with Crippen LogP contribution >= 0.6 is 34.9 Å². The summed E-state index contributed by atoms with van der Waals surface area (Å²) >= 11 is 3.93. The summed E-state index contributed by atoms with van der Waals surface area (Å²) in [5, 5.41) is 10.3. The van der Waals surface area contributed by atoms with Crippen molar-refractivity contribution in [1.82, 2.24) is 15.2 Å². The number of hydrogen-bond donors (Lipinski definition) is 2. The first-order valence-electron chi connectivity index (χ1n) is 16.0. The second kappa shape index (κ2) is 16.3. The number of aromatic nitrogens is 1. The molecule has 51 heavy (non-hydrogen) atoms. The van der Waals surface area contributed by atoms with Crippen LogP contribution in [-0.4, -0.2) is 93.2 Å². The molecule has 2 saturated heterocycles. The second-order valence-corrected chi connectivity index (χ2v) is 15.8. The topological polar surface area (TPSA) is 166 Å². The molecule has 1 aromatic heterocycles. The van der Waals surface area contributed by atoms with Crippen LogP contribution in [0.2, 0.25) is 0 Å². The predicted octanol–water partition coefficient (Wildman–Crippen LogP) is 4.24. The number of nitrogens with one attached hydrogen (secondary N) is 2. The van der Waals surface area contributed by atoms with E-state index in [-0.39, 0.29) is 29.0 Å². The lowest BCUT2D eigenvalue weighted by Crippen LogP contribution is -2.74. The van der Waals surface area contributed by atoms with E-state index in [0.717, 1.165) is 22.5 Å². The lowest BCUT2D eigenvalue weighted by molar-refractivity contribution is -0.167. The first-order chi connectivity index (χ1) is 24.4. The maximum atomic E-state index is 14.1. The van der Waals surface area contributed by atoms with Gasteiger partial charge in [-0.3, -0.25) is 19.2 Å². The van der Waals surface area contributed by atoms with E-state index in [1.165, 1.54) is 35.8 Å². The van der Waals surface area contributed by atoms with E-state index >= 15 is 0 Å². The second-order valence-electron chi connectivity index (χ2n) is 13.0. The van der Waals surface area contributed by atoms with Crippen LogP contribution in [0.5, 0.6) is 0 Å². The summed E-state index contributed by atoms with van der Waals surface area (Å²) < 4.78 is 11.6. The zero-order chi connectivity index (χ0) is 36.8. The van der Waals surface area contributed by atoms with Gasteiger partial charge in [0.2, 0.25) is 18.4 Å². The summed E-state index contributed by atoms with van der Waals surface area (Å²) in [6, 6.07) is 18.1. The summed E-state index contributed by atoms with van der Waals surface area (Å²) in [7, 11) is 0. The van der Waals surface area contributed by atoms with Gasteiger partial charge in [0.15, 0.2) is 16.9 Å². The Bertz CT molecular complexity index is 1730. The molecule has 270 valence electrons. The number of carbonyl (C=O) groups is 5. The van der Waals surface area contributed by atoms with E-state index in [1.54, 1.807) is 25.7 Å². The van der Waals surface area contributed by atoms with Crippen molar-refractivity contribution in [2.75, 3.05) is 29.6 Å². The molecule has 0 saturated carbocycles. The number of oxime groups is 1. The van der Waals surface area contributed by atoms with Gasteiger partial charge in [-0.1, -0.05) is 65.8 Å². The zero-order valence-corrected chi connectivity index (χ0v) is 31.1. The van der Waals surface area contributed by atoms with Crippen molar-refractivity contribution in [2.24, 2.45) is 10.6 Å².